The number of thiophene rings is 1. The number of ether oxygens (including phenoxy) is 1. The minimum absolute atomic E-state index is 0.119. The molecule has 0 fully saturated rings. The average Bonchev–Trinajstić information content (AvgIpc) is 3.25. The van der Waals surface area contributed by atoms with E-state index in [0.717, 1.165) is 16.9 Å². The molecule has 1 aromatic heterocycles. The molecule has 170 valence electrons. The number of nitrogens with one attached hydrogen (secondary N) is 2. The number of hydrogen-bond donors (Lipinski definition) is 5. The molecule has 1 aromatic rings. The van der Waals surface area contributed by atoms with Gasteiger partial charge in [-0.2, -0.15) is 0 Å². The Morgan fingerprint density at radius 1 is 1.26 bits per heavy atom. The maximum atomic E-state index is 12.8. The van der Waals surface area contributed by atoms with E-state index in [2.05, 4.69) is 10.0 Å². The number of rotatable bonds is 10. The Kier molecular flexibility index (Phi) is 8.09. The first-order chi connectivity index (χ1) is 14.8. The zero-order valence-corrected chi connectivity index (χ0v) is 18.8. The van der Waals surface area contributed by atoms with Gasteiger partial charge in [0, 0.05) is 25.2 Å². The summed E-state index contributed by atoms with van der Waals surface area (Å²) in [5.41, 5.74) is 1.19. The van der Waals surface area contributed by atoms with E-state index in [1.165, 1.54) is 6.07 Å². The Balaban J connectivity index is 1.81. The number of aliphatic hydroxyl groups is 3. The van der Waals surface area contributed by atoms with Crippen LogP contribution in [0.5, 0.6) is 0 Å². The molecule has 0 bridgehead atoms. The molecule has 3 unspecified atom stereocenters. The fourth-order valence-corrected chi connectivity index (χ4v) is 5.58. The molecule has 2 aliphatic rings. The van der Waals surface area contributed by atoms with Crippen LogP contribution in [0.25, 0.3) is 0 Å². The van der Waals surface area contributed by atoms with E-state index >= 15 is 0 Å². The molecule has 31 heavy (non-hydrogen) atoms. The van der Waals surface area contributed by atoms with Gasteiger partial charge in [-0.15, -0.1) is 11.3 Å². The van der Waals surface area contributed by atoms with Crippen LogP contribution in [0.4, 0.5) is 0 Å². The zero-order valence-electron chi connectivity index (χ0n) is 17.1. The highest BCUT2D eigenvalue weighted by molar-refractivity contribution is 7.91. The minimum Gasteiger partial charge on any atom is -0.484 e. The average molecular weight is 469 g/mol. The van der Waals surface area contributed by atoms with Crippen molar-refractivity contribution in [3.05, 3.63) is 64.9 Å². The van der Waals surface area contributed by atoms with Gasteiger partial charge in [0.1, 0.15) is 22.3 Å². The zero-order chi connectivity index (χ0) is 22.4. The SMILES string of the molecule is CCNC(O)C1C=CC(OC2C=CC=C(CC(O)O)C2)=C(NS(=O)(=O)c2cccs2)C1. The lowest BCUT2D eigenvalue weighted by molar-refractivity contribution is -0.0392. The van der Waals surface area contributed by atoms with Crippen LogP contribution < -0.4 is 10.0 Å². The summed E-state index contributed by atoms with van der Waals surface area (Å²) in [7, 11) is -3.78. The van der Waals surface area contributed by atoms with Crippen LogP contribution >= 0.6 is 11.3 Å². The van der Waals surface area contributed by atoms with E-state index < -0.39 is 22.5 Å². The predicted octanol–water partition coefficient (Wildman–Crippen LogP) is 1.71. The van der Waals surface area contributed by atoms with Crippen molar-refractivity contribution in [2.24, 2.45) is 5.92 Å². The number of hydrogen-bond acceptors (Lipinski definition) is 8. The van der Waals surface area contributed by atoms with Gasteiger partial charge in [-0.05, 0) is 30.1 Å². The Morgan fingerprint density at radius 3 is 2.74 bits per heavy atom. The van der Waals surface area contributed by atoms with Crippen LogP contribution in [-0.4, -0.2) is 48.9 Å². The maximum Gasteiger partial charge on any atom is 0.271 e. The smallest absolute Gasteiger partial charge is 0.271 e. The lowest BCUT2D eigenvalue weighted by Gasteiger charge is -2.29. The Labute approximate surface area is 186 Å². The Morgan fingerprint density at radius 2 is 2.06 bits per heavy atom. The summed E-state index contributed by atoms with van der Waals surface area (Å²) in [5.74, 6) is 0.0516. The number of aliphatic hydroxyl groups excluding tert-OH is 2. The summed E-state index contributed by atoms with van der Waals surface area (Å²) in [4.78, 5) is 0. The van der Waals surface area contributed by atoms with E-state index in [1.54, 1.807) is 29.7 Å². The molecule has 0 aromatic carbocycles. The van der Waals surface area contributed by atoms with Gasteiger partial charge < -0.3 is 20.1 Å². The van der Waals surface area contributed by atoms with Crippen LogP contribution in [0.15, 0.2) is 69.1 Å². The van der Waals surface area contributed by atoms with Crippen molar-refractivity contribution in [1.82, 2.24) is 10.0 Å². The molecule has 0 spiro atoms. The molecule has 0 aliphatic heterocycles. The summed E-state index contributed by atoms with van der Waals surface area (Å²) >= 11 is 1.12. The summed E-state index contributed by atoms with van der Waals surface area (Å²) in [5, 5.41) is 33.4. The van der Waals surface area contributed by atoms with Gasteiger partial charge >= 0.3 is 0 Å². The Bertz CT molecular complexity index is 964. The monoisotopic (exact) mass is 468 g/mol. The normalized spacial score (nSPS) is 22.5. The van der Waals surface area contributed by atoms with Gasteiger partial charge in [0.2, 0.25) is 0 Å². The third-order valence-corrected chi connectivity index (χ3v) is 7.70. The highest BCUT2D eigenvalue weighted by Crippen LogP contribution is 2.30. The van der Waals surface area contributed by atoms with Gasteiger partial charge in [-0.3, -0.25) is 10.0 Å². The number of allylic oxidation sites excluding steroid dienone is 4. The molecule has 8 nitrogen and oxygen atoms in total. The van der Waals surface area contributed by atoms with Gasteiger partial charge in [0.05, 0.1) is 5.70 Å². The van der Waals surface area contributed by atoms with Crippen LogP contribution in [0.2, 0.25) is 0 Å². The molecule has 1 heterocycles. The molecule has 0 amide bonds. The molecule has 0 saturated carbocycles. The minimum atomic E-state index is -3.78. The maximum absolute atomic E-state index is 12.8. The van der Waals surface area contributed by atoms with Crippen molar-refractivity contribution in [1.29, 1.82) is 0 Å². The van der Waals surface area contributed by atoms with Crippen LogP contribution in [-0.2, 0) is 14.8 Å². The van der Waals surface area contributed by atoms with E-state index in [-0.39, 0.29) is 29.1 Å². The van der Waals surface area contributed by atoms with E-state index in [4.69, 9.17) is 4.74 Å². The fourth-order valence-electron chi connectivity index (χ4n) is 3.46. The first kappa shape index (κ1) is 23.7. The molecule has 3 atom stereocenters. The second-order valence-corrected chi connectivity index (χ2v) is 10.2. The summed E-state index contributed by atoms with van der Waals surface area (Å²) in [6.45, 7) is 2.46. The molecule has 0 saturated heterocycles. The van der Waals surface area contributed by atoms with Gasteiger partial charge in [0.25, 0.3) is 10.0 Å². The van der Waals surface area contributed by atoms with Crippen molar-refractivity contribution in [2.75, 3.05) is 6.54 Å². The molecule has 5 N–H and O–H groups in total. The highest BCUT2D eigenvalue weighted by Gasteiger charge is 2.28. The summed E-state index contributed by atoms with van der Waals surface area (Å²) in [6.07, 6.45) is 7.09. The summed E-state index contributed by atoms with van der Waals surface area (Å²) < 4.78 is 34.5. The van der Waals surface area contributed by atoms with Crippen LogP contribution in [0, 0.1) is 5.92 Å². The molecular formula is C21H28N2O6S2. The topological polar surface area (TPSA) is 128 Å². The van der Waals surface area contributed by atoms with Crippen LogP contribution in [0.3, 0.4) is 0 Å². The van der Waals surface area contributed by atoms with Gasteiger partial charge in [-0.1, -0.05) is 36.8 Å². The van der Waals surface area contributed by atoms with Crippen LogP contribution in [0.1, 0.15) is 26.2 Å². The first-order valence-electron chi connectivity index (χ1n) is 10.1. The first-order valence-corrected chi connectivity index (χ1v) is 12.4. The van der Waals surface area contributed by atoms with E-state index in [0.29, 0.717) is 24.4 Å². The van der Waals surface area contributed by atoms with Crippen molar-refractivity contribution in [2.45, 2.75) is 49.0 Å². The molecule has 2 aliphatic carbocycles. The standard InChI is InChI=1S/C21H28N2O6S2/c1-2-22-21(26)15-8-9-18(29-16-6-3-5-14(11-16)12-19(24)25)17(13-15)23-31(27,28)20-7-4-10-30-20/h3-10,15-16,19,21-26H,2,11-13H2,1H3. The predicted molar refractivity (Wildman–Crippen MR) is 118 cm³/mol. The lowest BCUT2D eigenvalue weighted by atomic mass is 9.95. The largest absolute Gasteiger partial charge is 0.484 e. The fraction of sp³-hybridized carbons (Fsp3) is 0.429. The lowest BCUT2D eigenvalue weighted by Crippen LogP contribution is -2.38. The summed E-state index contributed by atoms with van der Waals surface area (Å²) in [6, 6.07) is 3.19. The second-order valence-electron chi connectivity index (χ2n) is 7.36. The van der Waals surface area contributed by atoms with Crippen molar-refractivity contribution in [3.63, 3.8) is 0 Å². The number of sulfonamides is 1. The second kappa shape index (κ2) is 10.6. The quantitative estimate of drug-likeness (QED) is 0.331. The third kappa shape index (κ3) is 6.52. The van der Waals surface area contributed by atoms with Crippen molar-refractivity contribution >= 4 is 21.4 Å². The van der Waals surface area contributed by atoms with Crippen molar-refractivity contribution in [3.8, 4) is 0 Å². The Hall–Kier alpha value is -1.95. The van der Waals surface area contributed by atoms with Crippen molar-refractivity contribution < 1.29 is 28.5 Å². The van der Waals surface area contributed by atoms with E-state index in [9.17, 15) is 23.7 Å². The van der Waals surface area contributed by atoms with E-state index in [1.807, 2.05) is 19.1 Å². The molecule has 0 radical (unpaired) electrons. The molecule has 10 heteroatoms. The molecule has 3 rings (SSSR count). The third-order valence-electron chi connectivity index (χ3n) is 4.91. The van der Waals surface area contributed by atoms with Gasteiger partial charge in [0.15, 0.2) is 6.29 Å². The highest BCUT2D eigenvalue weighted by atomic mass is 32.2. The van der Waals surface area contributed by atoms with Gasteiger partial charge in [-0.25, -0.2) is 8.42 Å². The molecular weight excluding hydrogens is 440 g/mol.